The molecule has 1 aromatic carbocycles. The highest BCUT2D eigenvalue weighted by Crippen LogP contribution is 2.23. The zero-order valence-electron chi connectivity index (χ0n) is 10.7. The summed E-state index contributed by atoms with van der Waals surface area (Å²) in [6.45, 7) is 0.309. The molecule has 1 heterocycles. The van der Waals surface area contributed by atoms with Gasteiger partial charge in [-0.25, -0.2) is 8.78 Å². The number of carbonyl (C=O) groups is 2. The fraction of sp³-hybridized carbons (Fsp3) is 0.385. The first kappa shape index (κ1) is 14.2. The molecule has 20 heavy (non-hydrogen) atoms. The predicted molar refractivity (Wildman–Crippen MR) is 68.6 cm³/mol. The van der Waals surface area contributed by atoms with Gasteiger partial charge in [-0.1, -0.05) is 0 Å². The summed E-state index contributed by atoms with van der Waals surface area (Å²) in [4.78, 5) is 24.9. The maximum Gasteiger partial charge on any atom is 0.257 e. The Morgan fingerprint density at radius 2 is 1.90 bits per heavy atom. The fourth-order valence-corrected chi connectivity index (χ4v) is 2.35. The van der Waals surface area contributed by atoms with Gasteiger partial charge in [-0.15, -0.1) is 0 Å². The molecule has 0 spiro atoms. The predicted octanol–water partition coefficient (Wildman–Crippen LogP) is 1.03. The Hall–Kier alpha value is -2.18. The number of amides is 2. The van der Waals surface area contributed by atoms with Crippen LogP contribution in [-0.4, -0.2) is 29.3 Å². The number of nitrogens with zero attached hydrogens (tertiary/aromatic N) is 1. The second-order valence-corrected chi connectivity index (χ2v) is 4.77. The average Bonchev–Trinajstić information content (AvgIpc) is 2.42. The Balaban J connectivity index is 2.34. The Morgan fingerprint density at radius 3 is 2.55 bits per heavy atom. The maximum atomic E-state index is 13.7. The van der Waals surface area contributed by atoms with Crippen molar-refractivity contribution < 1.29 is 18.4 Å². The van der Waals surface area contributed by atoms with Crippen molar-refractivity contribution in [1.29, 1.82) is 0 Å². The summed E-state index contributed by atoms with van der Waals surface area (Å²) in [7, 11) is 0. The average molecular weight is 283 g/mol. The van der Waals surface area contributed by atoms with Crippen LogP contribution in [0.4, 0.5) is 14.5 Å². The van der Waals surface area contributed by atoms with Crippen LogP contribution >= 0.6 is 0 Å². The molecule has 1 unspecified atom stereocenters. The Kier molecular flexibility index (Phi) is 3.87. The van der Waals surface area contributed by atoms with Crippen LogP contribution in [0, 0.1) is 11.6 Å². The van der Waals surface area contributed by atoms with Crippen LogP contribution in [0.15, 0.2) is 12.1 Å². The van der Waals surface area contributed by atoms with E-state index in [-0.39, 0.29) is 11.3 Å². The van der Waals surface area contributed by atoms with Crippen LogP contribution in [-0.2, 0) is 4.79 Å². The molecule has 5 nitrogen and oxygen atoms in total. The van der Waals surface area contributed by atoms with Crippen molar-refractivity contribution >= 4 is 17.5 Å². The highest BCUT2D eigenvalue weighted by atomic mass is 19.1. The summed E-state index contributed by atoms with van der Waals surface area (Å²) in [5.41, 5.74) is 9.93. The normalized spacial score (nSPS) is 18.9. The van der Waals surface area contributed by atoms with E-state index in [2.05, 4.69) is 0 Å². The van der Waals surface area contributed by atoms with Crippen molar-refractivity contribution in [3.63, 3.8) is 0 Å². The molecule has 0 bridgehead atoms. The van der Waals surface area contributed by atoms with Crippen LogP contribution in [0.2, 0.25) is 0 Å². The number of nitrogen functional groups attached to an aromatic ring is 1. The summed E-state index contributed by atoms with van der Waals surface area (Å²) < 4.78 is 26.8. The van der Waals surface area contributed by atoms with Gasteiger partial charge in [0.05, 0.1) is 11.3 Å². The van der Waals surface area contributed by atoms with E-state index >= 15 is 0 Å². The van der Waals surface area contributed by atoms with Crippen LogP contribution in [0.25, 0.3) is 0 Å². The molecule has 2 amide bonds. The zero-order chi connectivity index (χ0) is 14.9. The minimum absolute atomic E-state index is 0.309. The van der Waals surface area contributed by atoms with Crippen molar-refractivity contribution in [2.24, 2.45) is 5.73 Å². The molecule has 1 saturated heterocycles. The molecule has 7 heteroatoms. The van der Waals surface area contributed by atoms with Gasteiger partial charge in [0, 0.05) is 12.6 Å². The topological polar surface area (TPSA) is 89.4 Å². The number of piperidine rings is 1. The highest BCUT2D eigenvalue weighted by molar-refractivity contribution is 5.98. The van der Waals surface area contributed by atoms with Gasteiger partial charge in [0.2, 0.25) is 5.91 Å². The van der Waals surface area contributed by atoms with E-state index in [1.54, 1.807) is 0 Å². The quantitative estimate of drug-likeness (QED) is 0.794. The Morgan fingerprint density at radius 1 is 1.20 bits per heavy atom. The Bertz CT molecular complexity index is 563. The number of anilines is 1. The molecule has 0 aromatic heterocycles. The van der Waals surface area contributed by atoms with Gasteiger partial charge >= 0.3 is 0 Å². The number of rotatable bonds is 2. The van der Waals surface area contributed by atoms with E-state index in [1.165, 1.54) is 4.90 Å². The lowest BCUT2D eigenvalue weighted by atomic mass is 10.00. The summed E-state index contributed by atoms with van der Waals surface area (Å²) >= 11 is 0. The molecular weight excluding hydrogens is 268 g/mol. The van der Waals surface area contributed by atoms with Crippen molar-refractivity contribution in [2.45, 2.75) is 25.3 Å². The lowest BCUT2D eigenvalue weighted by Crippen LogP contribution is -2.50. The first-order chi connectivity index (χ1) is 9.41. The maximum absolute atomic E-state index is 13.7. The van der Waals surface area contributed by atoms with E-state index in [4.69, 9.17) is 11.5 Å². The molecule has 1 aromatic rings. The minimum Gasteiger partial charge on any atom is -0.396 e. The highest BCUT2D eigenvalue weighted by Gasteiger charge is 2.32. The summed E-state index contributed by atoms with van der Waals surface area (Å²) in [6, 6.07) is 0.743. The smallest absolute Gasteiger partial charge is 0.257 e. The fourth-order valence-electron chi connectivity index (χ4n) is 2.35. The van der Waals surface area contributed by atoms with Gasteiger partial charge < -0.3 is 16.4 Å². The van der Waals surface area contributed by atoms with Crippen LogP contribution in [0.1, 0.15) is 29.6 Å². The summed E-state index contributed by atoms with van der Waals surface area (Å²) in [6.07, 6.45) is 1.92. The van der Waals surface area contributed by atoms with Crippen LogP contribution < -0.4 is 11.5 Å². The van der Waals surface area contributed by atoms with Crippen molar-refractivity contribution in [2.75, 3.05) is 12.3 Å². The van der Waals surface area contributed by atoms with E-state index in [0.717, 1.165) is 12.5 Å². The van der Waals surface area contributed by atoms with Crippen LogP contribution in [0.5, 0.6) is 0 Å². The third-order valence-electron chi connectivity index (χ3n) is 3.41. The van der Waals surface area contributed by atoms with Gasteiger partial charge in [0.1, 0.15) is 17.7 Å². The monoisotopic (exact) mass is 283 g/mol. The molecule has 0 radical (unpaired) electrons. The molecule has 1 atom stereocenters. The van der Waals surface area contributed by atoms with E-state index in [9.17, 15) is 18.4 Å². The van der Waals surface area contributed by atoms with Crippen molar-refractivity contribution in [3.8, 4) is 0 Å². The van der Waals surface area contributed by atoms with Gasteiger partial charge in [0.25, 0.3) is 5.91 Å². The minimum atomic E-state index is -1.00. The number of hydrogen-bond donors (Lipinski definition) is 2. The third-order valence-corrected chi connectivity index (χ3v) is 3.41. The first-order valence-electron chi connectivity index (χ1n) is 6.26. The molecule has 1 fully saturated rings. The molecule has 0 aliphatic carbocycles. The summed E-state index contributed by atoms with van der Waals surface area (Å²) in [5, 5.41) is 0. The lowest BCUT2D eigenvalue weighted by Gasteiger charge is -2.33. The lowest BCUT2D eigenvalue weighted by molar-refractivity contribution is -0.123. The van der Waals surface area contributed by atoms with Crippen molar-refractivity contribution in [1.82, 2.24) is 4.90 Å². The summed E-state index contributed by atoms with van der Waals surface area (Å²) in [5.74, 6) is -3.26. The molecular formula is C13H15F2N3O2. The van der Waals surface area contributed by atoms with Gasteiger partial charge in [-0.05, 0) is 25.3 Å². The first-order valence-corrected chi connectivity index (χ1v) is 6.26. The number of likely N-dealkylation sites (tertiary alicyclic amines) is 1. The van der Waals surface area contributed by atoms with Gasteiger partial charge in [0.15, 0.2) is 0 Å². The number of nitrogens with two attached hydrogens (primary N) is 2. The number of hydrogen-bond acceptors (Lipinski definition) is 3. The SMILES string of the molecule is NC(=O)C1CCCCN1C(=O)c1cc(N)c(F)cc1F. The molecule has 1 aliphatic rings. The molecule has 1 aliphatic heterocycles. The Labute approximate surface area is 114 Å². The van der Waals surface area contributed by atoms with E-state index in [1.807, 2.05) is 0 Å². The number of carbonyl (C=O) groups excluding carboxylic acids is 2. The molecule has 0 saturated carbocycles. The van der Waals surface area contributed by atoms with Gasteiger partial charge in [-0.2, -0.15) is 0 Å². The second kappa shape index (κ2) is 5.44. The van der Waals surface area contributed by atoms with E-state index < -0.39 is 29.5 Å². The van der Waals surface area contributed by atoms with Crippen LogP contribution in [0.3, 0.4) is 0 Å². The third kappa shape index (κ3) is 2.56. The standard InChI is InChI=1S/C13H15F2N3O2/c14-8-6-9(15)10(16)5-7(8)13(20)18-4-2-1-3-11(18)12(17)19/h5-6,11H,1-4,16H2,(H2,17,19). The number of halogens is 2. The molecule has 2 rings (SSSR count). The van der Waals surface area contributed by atoms with E-state index in [0.29, 0.717) is 25.5 Å². The number of benzene rings is 1. The van der Waals surface area contributed by atoms with Crippen molar-refractivity contribution in [3.05, 3.63) is 29.3 Å². The zero-order valence-corrected chi connectivity index (χ0v) is 10.7. The largest absolute Gasteiger partial charge is 0.396 e. The second-order valence-electron chi connectivity index (χ2n) is 4.77. The molecule has 108 valence electrons. The van der Waals surface area contributed by atoms with Gasteiger partial charge in [-0.3, -0.25) is 9.59 Å². The molecule has 4 N–H and O–H groups in total. The number of primary amides is 1.